The Balaban J connectivity index is 2.39. The zero-order chi connectivity index (χ0) is 11.4. The molecule has 0 radical (unpaired) electrons. The normalized spacial score (nSPS) is 11.8. The van der Waals surface area contributed by atoms with Gasteiger partial charge in [0.05, 0.1) is 5.39 Å². The predicted molar refractivity (Wildman–Crippen MR) is 71.2 cm³/mol. The fourth-order valence-corrected chi connectivity index (χ4v) is 2.81. The summed E-state index contributed by atoms with van der Waals surface area (Å²) in [6.07, 6.45) is 0. The van der Waals surface area contributed by atoms with Gasteiger partial charge in [0, 0.05) is 15.2 Å². The van der Waals surface area contributed by atoms with Gasteiger partial charge < -0.3 is 8.83 Å². The Morgan fingerprint density at radius 2 is 1.53 bits per heavy atom. The van der Waals surface area contributed by atoms with Crippen LogP contribution >= 0.6 is 15.9 Å². The van der Waals surface area contributed by atoms with Gasteiger partial charge in [-0.25, -0.2) is 0 Å². The summed E-state index contributed by atoms with van der Waals surface area (Å²) in [5.74, 6) is 0.591. The second kappa shape index (κ2) is 3.14. The molecule has 0 aliphatic carbocycles. The Hall–Kier alpha value is -1.74. The maximum atomic E-state index is 5.72. The van der Waals surface area contributed by atoms with E-state index >= 15 is 0 Å². The van der Waals surface area contributed by atoms with Crippen LogP contribution in [0.1, 0.15) is 0 Å². The van der Waals surface area contributed by atoms with Crippen molar-refractivity contribution in [2.24, 2.45) is 0 Å². The molecule has 0 amide bonds. The first-order valence-corrected chi connectivity index (χ1v) is 6.12. The van der Waals surface area contributed by atoms with E-state index in [1.165, 1.54) is 0 Å². The van der Waals surface area contributed by atoms with Gasteiger partial charge in [0.15, 0.2) is 0 Å². The van der Waals surface area contributed by atoms with Crippen molar-refractivity contribution in [1.82, 2.24) is 0 Å². The molecule has 2 nitrogen and oxygen atoms in total. The average molecular weight is 287 g/mol. The average Bonchev–Trinajstić information content (AvgIpc) is 2.84. The minimum atomic E-state index is 0.591. The van der Waals surface area contributed by atoms with Gasteiger partial charge in [0.1, 0.15) is 11.2 Å². The Morgan fingerprint density at radius 1 is 0.765 bits per heavy atom. The summed E-state index contributed by atoms with van der Waals surface area (Å²) in [5, 5.41) is 3.21. The van der Waals surface area contributed by atoms with E-state index in [1.54, 1.807) is 0 Å². The van der Waals surface area contributed by atoms with E-state index in [2.05, 4.69) is 22.0 Å². The molecule has 0 spiro atoms. The molecular formula is C14H7BrO2. The summed E-state index contributed by atoms with van der Waals surface area (Å²) < 4.78 is 12.5. The third-order valence-corrected chi connectivity index (χ3v) is 3.65. The molecule has 0 bridgehead atoms. The molecule has 4 rings (SSSR count). The minimum absolute atomic E-state index is 0.591. The van der Waals surface area contributed by atoms with Gasteiger partial charge in [-0.05, 0) is 18.2 Å². The Kier molecular flexibility index (Phi) is 1.72. The number of benzene rings is 2. The largest absolute Gasteiger partial charge is 0.425 e. The molecule has 0 atom stereocenters. The third kappa shape index (κ3) is 1.15. The first kappa shape index (κ1) is 9.31. The highest BCUT2D eigenvalue weighted by Crippen LogP contribution is 2.39. The zero-order valence-electron chi connectivity index (χ0n) is 8.74. The molecule has 2 heterocycles. The summed E-state index contributed by atoms with van der Waals surface area (Å²) in [6, 6.07) is 13.9. The fourth-order valence-electron chi connectivity index (χ4n) is 2.26. The highest BCUT2D eigenvalue weighted by Gasteiger charge is 2.16. The van der Waals surface area contributed by atoms with E-state index in [0.29, 0.717) is 5.78 Å². The second-order valence-electron chi connectivity index (χ2n) is 3.98. The number of halogens is 1. The fraction of sp³-hybridized carbons (Fsp3) is 0. The van der Waals surface area contributed by atoms with Gasteiger partial charge in [-0.2, -0.15) is 0 Å². The van der Waals surface area contributed by atoms with E-state index in [0.717, 1.165) is 31.8 Å². The summed E-state index contributed by atoms with van der Waals surface area (Å²) in [7, 11) is 0. The highest BCUT2D eigenvalue weighted by molar-refractivity contribution is 9.10. The monoisotopic (exact) mass is 286 g/mol. The van der Waals surface area contributed by atoms with Crippen LogP contribution in [0.5, 0.6) is 0 Å². The van der Waals surface area contributed by atoms with E-state index in [9.17, 15) is 0 Å². The predicted octanol–water partition coefficient (Wildman–Crippen LogP) is 5.09. The number of hydrogen-bond donors (Lipinski definition) is 0. The van der Waals surface area contributed by atoms with Crippen molar-refractivity contribution in [3.63, 3.8) is 0 Å². The topological polar surface area (TPSA) is 26.3 Å². The number of rotatable bonds is 0. The standard InChI is InChI=1S/C14H7BrO2/c15-9-5-3-7-11-13(9)12-8-4-1-2-6-10(8)16-14(12)17-11/h1-7H. The Morgan fingerprint density at radius 3 is 2.47 bits per heavy atom. The van der Waals surface area contributed by atoms with Crippen molar-refractivity contribution in [1.29, 1.82) is 0 Å². The number of fused-ring (bicyclic) bond motifs is 5. The molecule has 4 aromatic rings. The van der Waals surface area contributed by atoms with Crippen LogP contribution in [0.3, 0.4) is 0 Å². The van der Waals surface area contributed by atoms with Crippen LogP contribution in [-0.2, 0) is 0 Å². The number of furan rings is 2. The van der Waals surface area contributed by atoms with Crippen molar-refractivity contribution < 1.29 is 8.83 Å². The molecule has 0 aliphatic heterocycles. The maximum Gasteiger partial charge on any atom is 0.299 e. The SMILES string of the molecule is Brc1cccc2oc3oc4ccccc4c3c12. The van der Waals surface area contributed by atoms with Gasteiger partial charge in [-0.1, -0.05) is 40.2 Å². The van der Waals surface area contributed by atoms with E-state index in [1.807, 2.05) is 36.4 Å². The van der Waals surface area contributed by atoms with Crippen molar-refractivity contribution >= 4 is 49.0 Å². The van der Waals surface area contributed by atoms with E-state index < -0.39 is 0 Å². The lowest BCUT2D eigenvalue weighted by molar-refractivity contribution is 0.524. The molecule has 0 saturated carbocycles. The minimum Gasteiger partial charge on any atom is -0.425 e. The smallest absolute Gasteiger partial charge is 0.299 e. The Labute approximate surface area is 105 Å². The van der Waals surface area contributed by atoms with Gasteiger partial charge in [-0.3, -0.25) is 0 Å². The van der Waals surface area contributed by atoms with Gasteiger partial charge in [0.25, 0.3) is 5.78 Å². The summed E-state index contributed by atoms with van der Waals surface area (Å²) in [4.78, 5) is 0. The quantitative estimate of drug-likeness (QED) is 0.450. The van der Waals surface area contributed by atoms with E-state index in [-0.39, 0.29) is 0 Å². The van der Waals surface area contributed by atoms with Crippen LogP contribution in [-0.4, -0.2) is 0 Å². The number of hydrogen-bond acceptors (Lipinski definition) is 2. The molecule has 0 aliphatic rings. The molecule has 0 N–H and O–H groups in total. The summed E-state index contributed by atoms with van der Waals surface area (Å²) in [6.45, 7) is 0. The third-order valence-electron chi connectivity index (χ3n) is 2.99. The lowest BCUT2D eigenvalue weighted by atomic mass is 10.1. The molecule has 0 unspecified atom stereocenters. The van der Waals surface area contributed by atoms with Gasteiger partial charge in [0.2, 0.25) is 0 Å². The van der Waals surface area contributed by atoms with Crippen LogP contribution in [0.25, 0.3) is 33.1 Å². The van der Waals surface area contributed by atoms with Crippen LogP contribution in [0, 0.1) is 0 Å². The molecule has 3 heteroatoms. The lowest BCUT2D eigenvalue weighted by Crippen LogP contribution is -1.69. The maximum absolute atomic E-state index is 5.72. The summed E-state index contributed by atoms with van der Waals surface area (Å²) in [5.41, 5.74) is 1.71. The first-order valence-electron chi connectivity index (χ1n) is 5.33. The molecular weight excluding hydrogens is 280 g/mol. The molecule has 0 saturated heterocycles. The van der Waals surface area contributed by atoms with Crippen molar-refractivity contribution in [3.05, 3.63) is 46.9 Å². The van der Waals surface area contributed by atoms with E-state index in [4.69, 9.17) is 8.83 Å². The highest BCUT2D eigenvalue weighted by atomic mass is 79.9. The van der Waals surface area contributed by atoms with Gasteiger partial charge >= 0.3 is 0 Å². The molecule has 2 aromatic carbocycles. The summed E-state index contributed by atoms with van der Waals surface area (Å²) >= 11 is 3.57. The van der Waals surface area contributed by atoms with Crippen LogP contribution in [0.4, 0.5) is 0 Å². The van der Waals surface area contributed by atoms with Crippen molar-refractivity contribution in [3.8, 4) is 0 Å². The van der Waals surface area contributed by atoms with Gasteiger partial charge in [-0.15, -0.1) is 0 Å². The molecule has 0 fully saturated rings. The van der Waals surface area contributed by atoms with Crippen molar-refractivity contribution in [2.75, 3.05) is 0 Å². The van der Waals surface area contributed by atoms with Crippen LogP contribution < -0.4 is 0 Å². The Bertz CT molecular complexity index is 854. The second-order valence-corrected chi connectivity index (χ2v) is 4.83. The first-order chi connectivity index (χ1) is 8.34. The lowest BCUT2D eigenvalue weighted by Gasteiger charge is -1.92. The molecule has 2 aromatic heterocycles. The van der Waals surface area contributed by atoms with Crippen LogP contribution in [0.2, 0.25) is 0 Å². The van der Waals surface area contributed by atoms with Crippen LogP contribution in [0.15, 0.2) is 55.8 Å². The molecule has 17 heavy (non-hydrogen) atoms. The van der Waals surface area contributed by atoms with Crippen molar-refractivity contribution in [2.45, 2.75) is 0 Å². The number of para-hydroxylation sites is 1. The zero-order valence-corrected chi connectivity index (χ0v) is 10.3. The molecule has 82 valence electrons.